The fourth-order valence-corrected chi connectivity index (χ4v) is 3.75. The van der Waals surface area contributed by atoms with E-state index in [1.807, 2.05) is 0 Å². The van der Waals surface area contributed by atoms with Gasteiger partial charge in [0.05, 0.1) is 7.11 Å². The lowest BCUT2D eigenvalue weighted by atomic mass is 9.79. The van der Waals surface area contributed by atoms with E-state index in [0.29, 0.717) is 17.5 Å². The second-order valence-electron chi connectivity index (χ2n) is 6.33. The first-order chi connectivity index (χ1) is 10.1. The number of benzene rings is 1. The lowest BCUT2D eigenvalue weighted by Gasteiger charge is -2.40. The number of hydrogen-bond acceptors (Lipinski definition) is 3. The van der Waals surface area contributed by atoms with E-state index < -0.39 is 11.6 Å². The average molecular weight is 296 g/mol. The molecule has 0 amide bonds. The maximum absolute atomic E-state index is 13.8. The molecule has 1 aromatic rings. The molecule has 0 bridgehead atoms. The molecule has 1 spiro atoms. The molecule has 3 nitrogen and oxygen atoms in total. The van der Waals surface area contributed by atoms with Gasteiger partial charge in [0.1, 0.15) is 0 Å². The van der Waals surface area contributed by atoms with Gasteiger partial charge in [0.2, 0.25) is 0 Å². The Balaban J connectivity index is 1.71. The van der Waals surface area contributed by atoms with Crippen molar-refractivity contribution in [3.05, 3.63) is 29.3 Å². The largest absolute Gasteiger partial charge is 0.491 e. The van der Waals surface area contributed by atoms with E-state index in [1.54, 1.807) is 0 Å². The molecule has 0 radical (unpaired) electrons. The zero-order chi connectivity index (χ0) is 14.9. The van der Waals surface area contributed by atoms with Crippen LogP contribution >= 0.6 is 0 Å². The number of hydrogen-bond donors (Lipinski definition) is 1. The molecule has 0 aromatic heterocycles. The number of nitrogens with zero attached hydrogens (tertiary/aromatic N) is 1. The van der Waals surface area contributed by atoms with Crippen LogP contribution in [0.15, 0.2) is 12.1 Å². The van der Waals surface area contributed by atoms with Gasteiger partial charge in [-0.1, -0.05) is 0 Å². The van der Waals surface area contributed by atoms with E-state index in [-0.39, 0.29) is 5.75 Å². The third-order valence-electron chi connectivity index (χ3n) is 4.74. The molecule has 5 heteroatoms. The number of likely N-dealkylation sites (tertiary alicyclic amines) is 1. The summed E-state index contributed by atoms with van der Waals surface area (Å²) in [7, 11) is 1.28. The van der Waals surface area contributed by atoms with Crippen LogP contribution < -0.4 is 10.1 Å². The van der Waals surface area contributed by atoms with Crippen molar-refractivity contribution in [2.24, 2.45) is 5.41 Å². The van der Waals surface area contributed by atoms with E-state index >= 15 is 0 Å². The molecular formula is C16H22F2N2O. The van der Waals surface area contributed by atoms with Crippen molar-refractivity contribution >= 4 is 0 Å². The fraction of sp³-hybridized carbons (Fsp3) is 0.625. The fourth-order valence-electron chi connectivity index (χ4n) is 3.75. The van der Waals surface area contributed by atoms with Gasteiger partial charge in [0.15, 0.2) is 17.4 Å². The Hall–Kier alpha value is -1.20. The number of rotatable bonds is 3. The molecule has 21 heavy (non-hydrogen) atoms. The third kappa shape index (κ3) is 3.04. The minimum atomic E-state index is -0.623. The highest BCUT2D eigenvalue weighted by atomic mass is 19.1. The van der Waals surface area contributed by atoms with Crippen LogP contribution in [0.1, 0.15) is 24.8 Å². The van der Waals surface area contributed by atoms with Crippen LogP contribution in [-0.2, 0) is 6.54 Å². The maximum Gasteiger partial charge on any atom is 0.190 e. The molecule has 116 valence electrons. The lowest BCUT2D eigenvalue weighted by molar-refractivity contribution is 0.0976. The first-order valence-electron chi connectivity index (χ1n) is 7.57. The van der Waals surface area contributed by atoms with Crippen molar-refractivity contribution in [2.75, 3.05) is 33.3 Å². The Morgan fingerprint density at radius 2 is 2.05 bits per heavy atom. The van der Waals surface area contributed by atoms with E-state index in [0.717, 1.165) is 32.6 Å². The van der Waals surface area contributed by atoms with Gasteiger partial charge in [-0.25, -0.2) is 8.78 Å². The zero-order valence-corrected chi connectivity index (χ0v) is 12.4. The summed E-state index contributed by atoms with van der Waals surface area (Å²) < 4.78 is 32.3. The summed E-state index contributed by atoms with van der Waals surface area (Å²) >= 11 is 0. The average Bonchev–Trinajstić information content (AvgIpc) is 2.86. The van der Waals surface area contributed by atoms with Gasteiger partial charge in [-0.3, -0.25) is 4.90 Å². The standard InChI is InChI=1S/C16H22F2N2O/c1-21-15-13(17)7-12(8-14(15)18)9-20-6-2-3-16(11-20)4-5-19-10-16/h7-8,19H,2-6,9-11H2,1H3/t16-/m1/s1. The van der Waals surface area contributed by atoms with Crippen LogP contribution in [0, 0.1) is 17.0 Å². The number of methoxy groups -OCH3 is 1. The highest BCUT2D eigenvalue weighted by Gasteiger charge is 2.37. The summed E-state index contributed by atoms with van der Waals surface area (Å²) in [5.74, 6) is -1.54. The smallest absolute Gasteiger partial charge is 0.190 e. The SMILES string of the molecule is COc1c(F)cc(CN2CCC[C@]3(CCNC3)C2)cc1F. The van der Waals surface area contributed by atoms with Crippen LogP contribution in [0.2, 0.25) is 0 Å². The predicted octanol–water partition coefficient (Wildman–Crippen LogP) is 2.55. The highest BCUT2D eigenvalue weighted by molar-refractivity contribution is 5.31. The van der Waals surface area contributed by atoms with Crippen LogP contribution in [0.25, 0.3) is 0 Å². The van der Waals surface area contributed by atoms with Crippen molar-refractivity contribution < 1.29 is 13.5 Å². The second kappa shape index (κ2) is 5.89. The first-order valence-corrected chi connectivity index (χ1v) is 7.57. The van der Waals surface area contributed by atoms with E-state index in [1.165, 1.54) is 32.1 Å². The Bertz CT molecular complexity index is 492. The quantitative estimate of drug-likeness (QED) is 0.928. The molecule has 1 atom stereocenters. The summed E-state index contributed by atoms with van der Waals surface area (Å²) in [6.45, 7) is 4.75. The van der Waals surface area contributed by atoms with Crippen molar-refractivity contribution in [3.8, 4) is 5.75 Å². The van der Waals surface area contributed by atoms with Gasteiger partial charge in [-0.05, 0) is 55.5 Å². The molecular weight excluding hydrogens is 274 g/mol. The van der Waals surface area contributed by atoms with Crippen molar-refractivity contribution in [1.29, 1.82) is 0 Å². The van der Waals surface area contributed by atoms with E-state index in [9.17, 15) is 8.78 Å². The highest BCUT2D eigenvalue weighted by Crippen LogP contribution is 2.36. The minimum absolute atomic E-state index is 0.297. The van der Waals surface area contributed by atoms with E-state index in [2.05, 4.69) is 10.2 Å². The van der Waals surface area contributed by atoms with Crippen LogP contribution in [-0.4, -0.2) is 38.2 Å². The van der Waals surface area contributed by atoms with Crippen LogP contribution in [0.5, 0.6) is 5.75 Å². The molecule has 3 rings (SSSR count). The molecule has 2 heterocycles. The van der Waals surface area contributed by atoms with E-state index in [4.69, 9.17) is 4.74 Å². The topological polar surface area (TPSA) is 24.5 Å². The molecule has 0 unspecified atom stereocenters. The second-order valence-corrected chi connectivity index (χ2v) is 6.33. The summed E-state index contributed by atoms with van der Waals surface area (Å²) in [4.78, 5) is 2.32. The monoisotopic (exact) mass is 296 g/mol. The van der Waals surface area contributed by atoms with Crippen LogP contribution in [0.4, 0.5) is 8.78 Å². The molecule has 2 aliphatic rings. The van der Waals surface area contributed by atoms with Crippen molar-refractivity contribution in [3.63, 3.8) is 0 Å². The van der Waals surface area contributed by atoms with Crippen LogP contribution in [0.3, 0.4) is 0 Å². The molecule has 0 aliphatic carbocycles. The molecule has 1 N–H and O–H groups in total. The Kier molecular flexibility index (Phi) is 4.13. The summed E-state index contributed by atoms with van der Waals surface area (Å²) in [5, 5.41) is 3.44. The Morgan fingerprint density at radius 3 is 2.67 bits per heavy atom. The molecule has 1 aromatic carbocycles. The first kappa shape index (κ1) is 14.7. The van der Waals surface area contributed by atoms with Gasteiger partial charge in [0.25, 0.3) is 0 Å². The van der Waals surface area contributed by atoms with Crippen molar-refractivity contribution in [1.82, 2.24) is 10.2 Å². The van der Waals surface area contributed by atoms with Gasteiger partial charge in [-0.15, -0.1) is 0 Å². The molecule has 0 saturated carbocycles. The zero-order valence-electron chi connectivity index (χ0n) is 12.4. The maximum atomic E-state index is 13.8. The third-order valence-corrected chi connectivity index (χ3v) is 4.74. The Labute approximate surface area is 124 Å². The lowest BCUT2D eigenvalue weighted by Crippen LogP contribution is -2.44. The normalized spacial score (nSPS) is 26.4. The summed E-state index contributed by atoms with van der Waals surface area (Å²) in [6.07, 6.45) is 3.61. The number of halogens is 2. The summed E-state index contributed by atoms with van der Waals surface area (Å²) in [5.41, 5.74) is 1.04. The number of piperidine rings is 1. The Morgan fingerprint density at radius 1 is 1.29 bits per heavy atom. The van der Waals surface area contributed by atoms with Gasteiger partial charge in [0, 0.05) is 19.6 Å². The predicted molar refractivity (Wildman–Crippen MR) is 77.3 cm³/mol. The van der Waals surface area contributed by atoms with Gasteiger partial charge < -0.3 is 10.1 Å². The number of nitrogens with one attached hydrogen (secondary N) is 1. The van der Waals surface area contributed by atoms with Gasteiger partial charge >= 0.3 is 0 Å². The molecule has 2 aliphatic heterocycles. The summed E-state index contributed by atoms with van der Waals surface area (Å²) in [6, 6.07) is 2.77. The minimum Gasteiger partial charge on any atom is -0.491 e. The number of ether oxygens (including phenoxy) is 1. The molecule has 2 saturated heterocycles. The molecule has 2 fully saturated rings. The van der Waals surface area contributed by atoms with Gasteiger partial charge in [-0.2, -0.15) is 0 Å². The van der Waals surface area contributed by atoms with Crippen molar-refractivity contribution in [2.45, 2.75) is 25.8 Å².